The van der Waals surface area contributed by atoms with Gasteiger partial charge in [0.1, 0.15) is 6.54 Å². The molecular weight excluding hydrogens is 330 g/mol. The van der Waals surface area contributed by atoms with Gasteiger partial charge in [0.15, 0.2) is 0 Å². The molecule has 0 heterocycles. The Balaban J connectivity index is 0.000000433. The van der Waals surface area contributed by atoms with E-state index >= 15 is 0 Å². The van der Waals surface area contributed by atoms with Gasteiger partial charge in [-0.25, -0.2) is 0 Å². The zero-order valence-corrected chi connectivity index (χ0v) is 17.7. The first-order chi connectivity index (χ1) is 13.2. The average Bonchev–Trinajstić information content (AvgIpc) is 2.71. The lowest BCUT2D eigenvalue weighted by atomic mass is 10.1. The van der Waals surface area contributed by atoms with Gasteiger partial charge in [-0.15, -0.1) is 5.75 Å². The van der Waals surface area contributed by atoms with Gasteiger partial charge in [0.05, 0.1) is 19.6 Å². The molecule has 2 nitrogen and oxygen atoms in total. The second kappa shape index (κ2) is 14.3. The number of hydrogen-bond acceptors (Lipinski definition) is 1. The van der Waals surface area contributed by atoms with Gasteiger partial charge >= 0.3 is 0 Å². The van der Waals surface area contributed by atoms with E-state index in [1.165, 1.54) is 86.9 Å². The highest BCUT2D eigenvalue weighted by Gasteiger charge is 2.25. The van der Waals surface area contributed by atoms with Crippen molar-refractivity contribution in [1.29, 1.82) is 0 Å². The van der Waals surface area contributed by atoms with Gasteiger partial charge in [0.25, 0.3) is 0 Å². The molecule has 0 atom stereocenters. The van der Waals surface area contributed by atoms with Crippen LogP contribution in [-0.4, -0.2) is 24.1 Å². The molecule has 0 aliphatic rings. The Morgan fingerprint density at radius 3 is 1.37 bits per heavy atom. The van der Waals surface area contributed by atoms with Crippen LogP contribution < -0.4 is 5.11 Å². The highest BCUT2D eigenvalue weighted by atomic mass is 16.3. The molecule has 0 aliphatic heterocycles. The summed E-state index contributed by atoms with van der Waals surface area (Å²) in [5.74, 6) is 0.0718. The maximum absolute atomic E-state index is 10.3. The van der Waals surface area contributed by atoms with Crippen LogP contribution in [0.3, 0.4) is 0 Å². The molecule has 2 aromatic rings. The Morgan fingerprint density at radius 1 is 0.630 bits per heavy atom. The molecule has 0 aromatic heterocycles. The minimum absolute atomic E-state index is 0.0718. The standard InChI is InChI=1S/C19H34N.C6H6O/c1-4-7-15-20(16-8-5-2,17-9-6-3)18-19-13-11-10-12-14-19;7-6-4-2-1-3-5-6/h10-14H,4-9,15-18H2,1-3H3;1-5,7H/q+1;/p-1. The molecule has 0 N–H and O–H groups in total. The summed E-state index contributed by atoms with van der Waals surface area (Å²) in [6.45, 7) is 12.2. The molecule has 0 bridgehead atoms. The summed E-state index contributed by atoms with van der Waals surface area (Å²) >= 11 is 0. The van der Waals surface area contributed by atoms with Crippen LogP contribution in [0.1, 0.15) is 64.9 Å². The summed E-state index contributed by atoms with van der Waals surface area (Å²) in [5.41, 5.74) is 1.51. The summed E-state index contributed by atoms with van der Waals surface area (Å²) in [5, 5.41) is 10.3. The zero-order chi connectivity index (χ0) is 19.8. The van der Waals surface area contributed by atoms with Gasteiger partial charge in [-0.05, 0) is 19.3 Å². The van der Waals surface area contributed by atoms with E-state index < -0.39 is 0 Å². The summed E-state index contributed by atoms with van der Waals surface area (Å²) in [6, 6.07) is 19.4. The van der Waals surface area contributed by atoms with E-state index in [4.69, 9.17) is 0 Å². The van der Waals surface area contributed by atoms with Crippen LogP contribution in [0.15, 0.2) is 60.7 Å². The van der Waals surface area contributed by atoms with E-state index in [1.807, 2.05) is 6.07 Å². The lowest BCUT2D eigenvalue weighted by Crippen LogP contribution is -2.49. The number of hydrogen-bond donors (Lipinski definition) is 0. The number of para-hydroxylation sites is 1. The maximum atomic E-state index is 10.3. The Labute approximate surface area is 167 Å². The average molecular weight is 370 g/mol. The Hall–Kier alpha value is -1.80. The molecule has 27 heavy (non-hydrogen) atoms. The molecule has 2 aromatic carbocycles. The molecule has 0 spiro atoms. The smallest absolute Gasteiger partial charge is 0.104 e. The van der Waals surface area contributed by atoms with Crippen molar-refractivity contribution in [3.05, 3.63) is 66.2 Å². The molecular formula is C25H39NO. The zero-order valence-electron chi connectivity index (χ0n) is 17.7. The van der Waals surface area contributed by atoms with Gasteiger partial charge in [-0.2, -0.15) is 0 Å². The summed E-state index contributed by atoms with van der Waals surface area (Å²) < 4.78 is 1.31. The Morgan fingerprint density at radius 2 is 1.04 bits per heavy atom. The van der Waals surface area contributed by atoms with Crippen LogP contribution in [-0.2, 0) is 6.54 Å². The first kappa shape index (κ1) is 23.2. The van der Waals surface area contributed by atoms with Crippen molar-refractivity contribution in [2.75, 3.05) is 19.6 Å². The minimum Gasteiger partial charge on any atom is -0.872 e. The molecule has 0 unspecified atom stereocenters. The maximum Gasteiger partial charge on any atom is 0.104 e. The number of rotatable bonds is 11. The molecule has 0 saturated carbocycles. The summed E-state index contributed by atoms with van der Waals surface area (Å²) in [6.07, 6.45) is 8.02. The SMILES string of the molecule is CCCC[N+](CCCC)(CCCC)Cc1ccccc1.[O-]c1ccccc1. The predicted octanol–water partition coefficient (Wildman–Crippen LogP) is 6.16. The Kier molecular flexibility index (Phi) is 12.3. The molecule has 0 saturated heterocycles. The first-order valence-electron chi connectivity index (χ1n) is 10.8. The molecule has 150 valence electrons. The lowest BCUT2D eigenvalue weighted by Gasteiger charge is -2.39. The third kappa shape index (κ3) is 10.2. The van der Waals surface area contributed by atoms with E-state index in [2.05, 4.69) is 51.1 Å². The molecule has 0 fully saturated rings. The number of benzene rings is 2. The third-order valence-electron chi connectivity index (χ3n) is 5.06. The van der Waals surface area contributed by atoms with Crippen LogP contribution in [0.4, 0.5) is 0 Å². The van der Waals surface area contributed by atoms with Crippen LogP contribution in [0.25, 0.3) is 0 Å². The van der Waals surface area contributed by atoms with Gasteiger partial charge < -0.3 is 9.59 Å². The largest absolute Gasteiger partial charge is 0.872 e. The molecule has 0 amide bonds. The topological polar surface area (TPSA) is 23.1 Å². The first-order valence-corrected chi connectivity index (χ1v) is 10.8. The van der Waals surface area contributed by atoms with Crippen LogP contribution in [0, 0.1) is 0 Å². The van der Waals surface area contributed by atoms with E-state index in [9.17, 15) is 5.11 Å². The van der Waals surface area contributed by atoms with Crippen molar-refractivity contribution in [3.8, 4) is 5.75 Å². The van der Waals surface area contributed by atoms with E-state index in [1.54, 1.807) is 12.1 Å². The van der Waals surface area contributed by atoms with E-state index in [0.717, 1.165) is 0 Å². The van der Waals surface area contributed by atoms with Crippen LogP contribution in [0.5, 0.6) is 5.75 Å². The number of nitrogens with zero attached hydrogens (tertiary/aromatic N) is 1. The molecule has 2 heteroatoms. The highest BCUT2D eigenvalue weighted by Crippen LogP contribution is 2.19. The van der Waals surface area contributed by atoms with Gasteiger partial charge in [-0.1, -0.05) is 101 Å². The Bertz CT molecular complexity index is 546. The van der Waals surface area contributed by atoms with E-state index in [0.29, 0.717) is 0 Å². The minimum atomic E-state index is 0.0718. The number of unbranched alkanes of at least 4 members (excludes halogenated alkanes) is 3. The fraction of sp³-hybridized carbons (Fsp3) is 0.520. The summed E-state index contributed by atoms with van der Waals surface area (Å²) in [7, 11) is 0. The van der Waals surface area contributed by atoms with Crippen molar-refractivity contribution in [1.82, 2.24) is 0 Å². The van der Waals surface area contributed by atoms with Crippen LogP contribution in [0.2, 0.25) is 0 Å². The molecule has 0 radical (unpaired) electrons. The second-order valence-corrected chi connectivity index (χ2v) is 7.53. The van der Waals surface area contributed by atoms with Crippen molar-refractivity contribution < 1.29 is 9.59 Å². The fourth-order valence-corrected chi connectivity index (χ4v) is 3.44. The van der Waals surface area contributed by atoms with Gasteiger partial charge in [-0.3, -0.25) is 0 Å². The van der Waals surface area contributed by atoms with Crippen molar-refractivity contribution in [3.63, 3.8) is 0 Å². The van der Waals surface area contributed by atoms with Crippen LogP contribution >= 0.6 is 0 Å². The predicted molar refractivity (Wildman–Crippen MR) is 116 cm³/mol. The van der Waals surface area contributed by atoms with Crippen molar-refractivity contribution in [2.45, 2.75) is 65.8 Å². The quantitative estimate of drug-likeness (QED) is 0.435. The normalized spacial score (nSPS) is 10.9. The van der Waals surface area contributed by atoms with Crippen molar-refractivity contribution >= 4 is 0 Å². The van der Waals surface area contributed by atoms with E-state index in [-0.39, 0.29) is 5.75 Å². The highest BCUT2D eigenvalue weighted by molar-refractivity contribution is 5.17. The monoisotopic (exact) mass is 369 g/mol. The van der Waals surface area contributed by atoms with Crippen molar-refractivity contribution in [2.24, 2.45) is 0 Å². The molecule has 0 aliphatic carbocycles. The fourth-order valence-electron chi connectivity index (χ4n) is 3.44. The summed E-state index contributed by atoms with van der Waals surface area (Å²) in [4.78, 5) is 0. The third-order valence-corrected chi connectivity index (χ3v) is 5.06. The lowest BCUT2D eigenvalue weighted by molar-refractivity contribution is -0.941. The van der Waals surface area contributed by atoms with Gasteiger partial charge in [0, 0.05) is 5.56 Å². The second-order valence-electron chi connectivity index (χ2n) is 7.53. The molecule has 2 rings (SSSR count). The number of quaternary nitrogens is 1. The van der Waals surface area contributed by atoms with Gasteiger partial charge in [0.2, 0.25) is 0 Å².